The monoisotopic (exact) mass is 230 g/mol. The first-order valence-corrected chi connectivity index (χ1v) is 5.73. The van der Waals surface area contributed by atoms with Gasteiger partial charge in [0.05, 0.1) is 0 Å². The van der Waals surface area contributed by atoms with Gasteiger partial charge in [-0.3, -0.25) is 4.79 Å². The lowest BCUT2D eigenvalue weighted by molar-refractivity contribution is -0.221. The van der Waals surface area contributed by atoms with Crippen LogP contribution in [-0.2, 0) is 4.79 Å². The van der Waals surface area contributed by atoms with Crippen LogP contribution in [0.5, 0.6) is 0 Å². The molecule has 0 aliphatic rings. The highest BCUT2D eigenvalue weighted by atomic mass is 16.5. The van der Waals surface area contributed by atoms with Crippen LogP contribution >= 0.6 is 0 Å². The predicted molar refractivity (Wildman–Crippen MR) is 65.4 cm³/mol. The number of rotatable bonds is 4. The van der Waals surface area contributed by atoms with Crippen LogP contribution in [0.4, 0.5) is 0 Å². The van der Waals surface area contributed by atoms with E-state index in [9.17, 15) is 10.0 Å². The molecule has 1 amide bonds. The SMILES string of the molecule is CC(=O)NC(C)CC(C)(C)N(O)C(C)(C)C. The second-order valence-electron chi connectivity index (χ2n) is 6.10. The minimum absolute atomic E-state index is 0.0384. The number of amides is 1. The van der Waals surface area contributed by atoms with Crippen LogP contribution < -0.4 is 5.32 Å². The van der Waals surface area contributed by atoms with E-state index in [1.54, 1.807) is 0 Å². The Kier molecular flexibility index (Phi) is 4.95. The number of carbonyl (C=O) groups excluding carboxylic acids is 1. The molecule has 0 aromatic rings. The molecule has 0 aromatic carbocycles. The van der Waals surface area contributed by atoms with Gasteiger partial charge in [-0.1, -0.05) is 0 Å². The molecule has 1 unspecified atom stereocenters. The van der Waals surface area contributed by atoms with Gasteiger partial charge in [0.25, 0.3) is 0 Å². The molecule has 0 bridgehead atoms. The largest absolute Gasteiger partial charge is 0.354 e. The van der Waals surface area contributed by atoms with Gasteiger partial charge in [-0.2, -0.15) is 5.06 Å². The van der Waals surface area contributed by atoms with Crippen LogP contribution in [0.1, 0.15) is 54.9 Å². The number of hydrogen-bond acceptors (Lipinski definition) is 3. The zero-order valence-electron chi connectivity index (χ0n) is 11.6. The molecule has 2 N–H and O–H groups in total. The Morgan fingerprint density at radius 1 is 1.31 bits per heavy atom. The standard InChI is InChI=1S/C12H26N2O2/c1-9(13-10(2)15)8-12(6,7)14(16)11(3,4)5/h9,16H,8H2,1-7H3,(H,13,15). The first kappa shape index (κ1) is 15.4. The van der Waals surface area contributed by atoms with Crippen molar-refractivity contribution in [2.45, 2.75) is 72.0 Å². The van der Waals surface area contributed by atoms with E-state index >= 15 is 0 Å². The van der Waals surface area contributed by atoms with Gasteiger partial charge in [-0.05, 0) is 48.0 Å². The van der Waals surface area contributed by atoms with E-state index in [-0.39, 0.29) is 23.0 Å². The lowest BCUT2D eigenvalue weighted by atomic mass is 9.91. The third kappa shape index (κ3) is 4.94. The third-order valence-corrected chi connectivity index (χ3v) is 2.46. The molecule has 0 radical (unpaired) electrons. The van der Waals surface area contributed by atoms with Crippen molar-refractivity contribution >= 4 is 5.91 Å². The highest BCUT2D eigenvalue weighted by Gasteiger charge is 2.35. The minimum Gasteiger partial charge on any atom is -0.354 e. The average molecular weight is 230 g/mol. The normalized spacial score (nSPS) is 15.1. The summed E-state index contributed by atoms with van der Waals surface area (Å²) >= 11 is 0. The highest BCUT2D eigenvalue weighted by molar-refractivity contribution is 5.73. The van der Waals surface area contributed by atoms with Crippen molar-refractivity contribution in [2.75, 3.05) is 0 Å². The molecule has 0 rings (SSSR count). The molecule has 1 atom stereocenters. The summed E-state index contributed by atoms with van der Waals surface area (Å²) in [4.78, 5) is 10.9. The molecule has 4 nitrogen and oxygen atoms in total. The molecule has 0 aliphatic carbocycles. The van der Waals surface area contributed by atoms with Gasteiger partial charge in [0, 0.05) is 24.0 Å². The van der Waals surface area contributed by atoms with Crippen LogP contribution in [0.15, 0.2) is 0 Å². The lowest BCUT2D eigenvalue weighted by Crippen LogP contribution is -2.54. The Balaban J connectivity index is 4.50. The fourth-order valence-electron chi connectivity index (χ4n) is 2.14. The second-order valence-corrected chi connectivity index (χ2v) is 6.10. The van der Waals surface area contributed by atoms with Gasteiger partial charge in [-0.25, -0.2) is 0 Å². The smallest absolute Gasteiger partial charge is 0.217 e. The Bertz CT molecular complexity index is 244. The van der Waals surface area contributed by atoms with Gasteiger partial charge >= 0.3 is 0 Å². The van der Waals surface area contributed by atoms with Crippen molar-refractivity contribution in [2.24, 2.45) is 0 Å². The second kappa shape index (κ2) is 5.15. The molecular weight excluding hydrogens is 204 g/mol. The Morgan fingerprint density at radius 2 is 1.75 bits per heavy atom. The van der Waals surface area contributed by atoms with Crippen LogP contribution in [0, 0.1) is 0 Å². The number of nitrogens with zero attached hydrogens (tertiary/aromatic N) is 1. The predicted octanol–water partition coefficient (Wildman–Crippen LogP) is 2.17. The van der Waals surface area contributed by atoms with Gasteiger partial charge < -0.3 is 10.5 Å². The van der Waals surface area contributed by atoms with Gasteiger partial charge in [0.2, 0.25) is 5.91 Å². The van der Waals surface area contributed by atoms with Gasteiger partial charge in [0.1, 0.15) is 0 Å². The molecule has 96 valence electrons. The Hall–Kier alpha value is -0.610. The zero-order valence-corrected chi connectivity index (χ0v) is 11.6. The van der Waals surface area contributed by atoms with Crippen LogP contribution in [0.25, 0.3) is 0 Å². The third-order valence-electron chi connectivity index (χ3n) is 2.46. The summed E-state index contributed by atoms with van der Waals surface area (Å²) in [6, 6.07) is 0.0458. The summed E-state index contributed by atoms with van der Waals surface area (Å²) in [5, 5.41) is 14.3. The summed E-state index contributed by atoms with van der Waals surface area (Å²) in [7, 11) is 0. The van der Waals surface area contributed by atoms with E-state index in [0.29, 0.717) is 6.42 Å². The van der Waals surface area contributed by atoms with E-state index in [4.69, 9.17) is 0 Å². The molecule has 0 aliphatic heterocycles. The maximum atomic E-state index is 10.9. The number of hydrogen-bond donors (Lipinski definition) is 2. The van der Waals surface area contributed by atoms with E-state index in [1.807, 2.05) is 41.5 Å². The van der Waals surface area contributed by atoms with Crippen molar-refractivity contribution in [1.29, 1.82) is 0 Å². The molecular formula is C12H26N2O2. The Labute approximate surface area is 99.0 Å². The number of nitrogens with one attached hydrogen (secondary N) is 1. The number of hydroxylamine groups is 2. The van der Waals surface area contributed by atoms with Gasteiger partial charge in [-0.15, -0.1) is 0 Å². The molecule has 0 aromatic heterocycles. The van der Waals surface area contributed by atoms with Crippen molar-refractivity contribution in [1.82, 2.24) is 10.4 Å². The first-order valence-electron chi connectivity index (χ1n) is 5.73. The van der Waals surface area contributed by atoms with Crippen LogP contribution in [0.3, 0.4) is 0 Å². The average Bonchev–Trinajstić information content (AvgIpc) is 1.97. The summed E-state index contributed by atoms with van der Waals surface area (Å²) < 4.78 is 0. The van der Waals surface area contributed by atoms with Crippen molar-refractivity contribution in [3.63, 3.8) is 0 Å². The molecule has 0 heterocycles. The maximum Gasteiger partial charge on any atom is 0.217 e. The molecule has 0 fully saturated rings. The minimum atomic E-state index is -0.375. The van der Waals surface area contributed by atoms with E-state index in [1.165, 1.54) is 12.0 Å². The number of carbonyl (C=O) groups is 1. The first-order chi connectivity index (χ1) is 6.97. The summed E-state index contributed by atoms with van der Waals surface area (Å²) in [5.41, 5.74) is -0.681. The quantitative estimate of drug-likeness (QED) is 0.728. The topological polar surface area (TPSA) is 52.6 Å². The Morgan fingerprint density at radius 3 is 2.06 bits per heavy atom. The fourth-order valence-corrected chi connectivity index (χ4v) is 2.14. The van der Waals surface area contributed by atoms with Crippen molar-refractivity contribution in [3.8, 4) is 0 Å². The summed E-state index contributed by atoms with van der Waals surface area (Å²) in [6.07, 6.45) is 0.695. The van der Waals surface area contributed by atoms with Gasteiger partial charge in [0.15, 0.2) is 0 Å². The summed E-state index contributed by atoms with van der Waals surface area (Å²) in [6.45, 7) is 13.3. The highest BCUT2D eigenvalue weighted by Crippen LogP contribution is 2.26. The van der Waals surface area contributed by atoms with Crippen LogP contribution in [0.2, 0.25) is 0 Å². The van der Waals surface area contributed by atoms with E-state index in [2.05, 4.69) is 5.32 Å². The lowest BCUT2D eigenvalue weighted by Gasteiger charge is -2.43. The molecule has 4 heteroatoms. The van der Waals surface area contributed by atoms with E-state index < -0.39 is 0 Å². The summed E-state index contributed by atoms with van der Waals surface area (Å²) in [5.74, 6) is -0.0384. The fraction of sp³-hybridized carbons (Fsp3) is 0.917. The maximum absolute atomic E-state index is 10.9. The molecule has 0 saturated carbocycles. The molecule has 0 saturated heterocycles. The molecule has 0 spiro atoms. The zero-order chi connectivity index (χ0) is 13.1. The van der Waals surface area contributed by atoms with Crippen molar-refractivity contribution in [3.05, 3.63) is 0 Å². The molecule has 16 heavy (non-hydrogen) atoms. The van der Waals surface area contributed by atoms with Crippen molar-refractivity contribution < 1.29 is 10.0 Å². The van der Waals surface area contributed by atoms with E-state index in [0.717, 1.165) is 0 Å². The van der Waals surface area contributed by atoms with Crippen LogP contribution in [-0.4, -0.2) is 33.3 Å².